The van der Waals surface area contributed by atoms with Gasteiger partial charge in [0.05, 0.1) is 6.04 Å². The molecule has 130 valence electrons. The van der Waals surface area contributed by atoms with Crippen molar-refractivity contribution in [2.75, 3.05) is 33.7 Å². The van der Waals surface area contributed by atoms with Crippen LogP contribution in [0.25, 0.3) is 0 Å². The Bertz CT molecular complexity index is 486. The molecule has 1 aromatic rings. The highest BCUT2D eigenvalue weighted by molar-refractivity contribution is 5.81. The van der Waals surface area contributed by atoms with Crippen LogP contribution in [0.1, 0.15) is 26.3 Å². The van der Waals surface area contributed by atoms with Gasteiger partial charge in [0.1, 0.15) is 5.82 Å². The molecule has 0 aromatic heterocycles. The number of hydrogen-bond donors (Lipinski definition) is 2. The van der Waals surface area contributed by atoms with Gasteiger partial charge in [0.15, 0.2) is 0 Å². The van der Waals surface area contributed by atoms with Gasteiger partial charge in [0, 0.05) is 19.6 Å². The lowest BCUT2D eigenvalue weighted by atomic mass is 9.92. The van der Waals surface area contributed by atoms with Gasteiger partial charge in [-0.3, -0.25) is 4.79 Å². The summed E-state index contributed by atoms with van der Waals surface area (Å²) in [5.74, 6) is -0.247. The molecule has 5 heteroatoms. The number of nitrogens with one attached hydrogen (secondary N) is 2. The number of carbonyl (C=O) groups is 1. The fourth-order valence-electron chi connectivity index (χ4n) is 2.57. The molecule has 0 unspecified atom stereocenters. The quantitative estimate of drug-likeness (QED) is 0.731. The zero-order valence-electron chi connectivity index (χ0n) is 14.9. The zero-order chi connectivity index (χ0) is 17.5. The van der Waals surface area contributed by atoms with Crippen LogP contribution in [-0.4, -0.2) is 50.6 Å². The van der Waals surface area contributed by atoms with Gasteiger partial charge >= 0.3 is 0 Å². The van der Waals surface area contributed by atoms with Gasteiger partial charge in [-0.05, 0) is 50.6 Å². The first kappa shape index (κ1) is 19.6. The van der Waals surface area contributed by atoms with E-state index in [2.05, 4.69) is 29.4 Å². The molecule has 4 nitrogen and oxygen atoms in total. The van der Waals surface area contributed by atoms with Crippen molar-refractivity contribution in [3.63, 3.8) is 0 Å². The van der Waals surface area contributed by atoms with E-state index in [4.69, 9.17) is 0 Å². The van der Waals surface area contributed by atoms with E-state index >= 15 is 0 Å². The van der Waals surface area contributed by atoms with Crippen LogP contribution in [0.2, 0.25) is 0 Å². The molecular weight excluding hydrogens is 293 g/mol. The van der Waals surface area contributed by atoms with Crippen LogP contribution in [0, 0.1) is 11.2 Å². The summed E-state index contributed by atoms with van der Waals surface area (Å²) in [6.45, 7) is 8.52. The van der Waals surface area contributed by atoms with E-state index in [9.17, 15) is 9.18 Å². The van der Waals surface area contributed by atoms with E-state index in [-0.39, 0.29) is 23.2 Å². The van der Waals surface area contributed by atoms with Gasteiger partial charge in [0.25, 0.3) is 0 Å². The summed E-state index contributed by atoms with van der Waals surface area (Å²) in [4.78, 5) is 14.2. The number of halogens is 1. The van der Waals surface area contributed by atoms with Crippen LogP contribution >= 0.6 is 0 Å². The molecule has 2 N–H and O–H groups in total. The van der Waals surface area contributed by atoms with Crippen LogP contribution in [0.5, 0.6) is 0 Å². The normalized spacial score (nSPS) is 13.2. The maximum atomic E-state index is 12.8. The number of nitrogens with zero attached hydrogens (tertiary/aromatic N) is 1. The van der Waals surface area contributed by atoms with Crippen molar-refractivity contribution >= 4 is 5.91 Å². The molecule has 0 aliphatic carbocycles. The fourth-order valence-corrected chi connectivity index (χ4v) is 2.57. The number of rotatable bonds is 9. The van der Waals surface area contributed by atoms with E-state index in [0.29, 0.717) is 13.0 Å². The summed E-state index contributed by atoms with van der Waals surface area (Å²) in [5, 5.41) is 6.21. The number of amides is 1. The summed E-state index contributed by atoms with van der Waals surface area (Å²) in [7, 11) is 4.10. The first-order valence-corrected chi connectivity index (χ1v) is 8.10. The van der Waals surface area contributed by atoms with E-state index < -0.39 is 0 Å². The lowest BCUT2D eigenvalue weighted by Crippen LogP contribution is -2.47. The average molecular weight is 323 g/mol. The third kappa shape index (κ3) is 8.09. The topological polar surface area (TPSA) is 44.4 Å². The highest BCUT2D eigenvalue weighted by Gasteiger charge is 2.21. The van der Waals surface area contributed by atoms with Gasteiger partial charge in [-0.25, -0.2) is 4.39 Å². The Balaban J connectivity index is 2.29. The van der Waals surface area contributed by atoms with Gasteiger partial charge in [0.2, 0.25) is 5.91 Å². The second-order valence-corrected chi connectivity index (χ2v) is 7.17. The third-order valence-electron chi connectivity index (χ3n) is 3.65. The summed E-state index contributed by atoms with van der Waals surface area (Å²) >= 11 is 0. The molecule has 0 saturated heterocycles. The van der Waals surface area contributed by atoms with Crippen LogP contribution < -0.4 is 10.6 Å². The molecule has 0 fully saturated rings. The fraction of sp³-hybridized carbons (Fsp3) is 0.611. The standard InChI is InChI=1S/C18H30FN3O/c1-14(21-12-18(2,3)13-22(4)5)17(23)20-11-10-15-6-8-16(19)9-7-15/h6-9,14,21H,10-13H2,1-5H3,(H,20,23)/t14-/m1/s1. The Labute approximate surface area is 139 Å². The molecule has 1 aromatic carbocycles. The first-order valence-electron chi connectivity index (χ1n) is 8.10. The van der Waals surface area contributed by atoms with Crippen molar-refractivity contribution in [2.24, 2.45) is 5.41 Å². The summed E-state index contributed by atoms with van der Waals surface area (Å²) < 4.78 is 12.8. The first-order chi connectivity index (χ1) is 10.7. The Morgan fingerprint density at radius 1 is 1.26 bits per heavy atom. The molecule has 0 radical (unpaired) electrons. The van der Waals surface area contributed by atoms with Crippen LogP contribution in [0.3, 0.4) is 0 Å². The number of benzene rings is 1. The minimum Gasteiger partial charge on any atom is -0.354 e. The Morgan fingerprint density at radius 2 is 1.87 bits per heavy atom. The minimum atomic E-state index is -0.240. The molecule has 0 aliphatic heterocycles. The Kier molecular flexibility index (Phi) is 7.65. The predicted molar refractivity (Wildman–Crippen MR) is 92.9 cm³/mol. The molecule has 0 saturated carbocycles. The second-order valence-electron chi connectivity index (χ2n) is 7.17. The molecule has 23 heavy (non-hydrogen) atoms. The summed E-state index contributed by atoms with van der Waals surface area (Å²) in [6.07, 6.45) is 0.699. The van der Waals surface area contributed by atoms with Gasteiger partial charge in [-0.2, -0.15) is 0 Å². The van der Waals surface area contributed by atoms with Crippen LogP contribution in [0.15, 0.2) is 24.3 Å². The van der Waals surface area contributed by atoms with Crippen molar-refractivity contribution in [1.29, 1.82) is 0 Å². The van der Waals surface area contributed by atoms with Gasteiger partial charge in [-0.15, -0.1) is 0 Å². The number of hydrogen-bond acceptors (Lipinski definition) is 3. The minimum absolute atomic E-state index is 0.00670. The maximum Gasteiger partial charge on any atom is 0.236 e. The molecule has 0 bridgehead atoms. The van der Waals surface area contributed by atoms with E-state index in [1.807, 2.05) is 21.0 Å². The lowest BCUT2D eigenvalue weighted by Gasteiger charge is -2.29. The summed E-state index contributed by atoms with van der Waals surface area (Å²) in [5.41, 5.74) is 1.12. The smallest absolute Gasteiger partial charge is 0.236 e. The second kappa shape index (κ2) is 8.99. The van der Waals surface area contributed by atoms with Crippen LogP contribution in [-0.2, 0) is 11.2 Å². The maximum absolute atomic E-state index is 12.8. The van der Waals surface area contributed by atoms with Crippen molar-refractivity contribution < 1.29 is 9.18 Å². The molecular formula is C18H30FN3O. The third-order valence-corrected chi connectivity index (χ3v) is 3.65. The zero-order valence-corrected chi connectivity index (χ0v) is 14.9. The molecule has 0 aliphatic rings. The SMILES string of the molecule is C[C@@H](NCC(C)(C)CN(C)C)C(=O)NCCc1ccc(F)cc1. The monoisotopic (exact) mass is 323 g/mol. The lowest BCUT2D eigenvalue weighted by molar-refractivity contribution is -0.122. The number of carbonyl (C=O) groups excluding carboxylic acids is 1. The van der Waals surface area contributed by atoms with Crippen molar-refractivity contribution in [3.05, 3.63) is 35.6 Å². The molecule has 1 atom stereocenters. The predicted octanol–water partition coefficient (Wildman–Crippen LogP) is 2.05. The Morgan fingerprint density at radius 3 is 2.43 bits per heavy atom. The van der Waals surface area contributed by atoms with Crippen molar-refractivity contribution in [3.8, 4) is 0 Å². The summed E-state index contributed by atoms with van der Waals surface area (Å²) in [6, 6.07) is 6.13. The molecule has 1 rings (SSSR count). The van der Waals surface area contributed by atoms with Gasteiger partial charge < -0.3 is 15.5 Å². The van der Waals surface area contributed by atoms with Crippen molar-refractivity contribution in [2.45, 2.75) is 33.2 Å². The van der Waals surface area contributed by atoms with E-state index in [1.165, 1.54) is 12.1 Å². The molecule has 0 spiro atoms. The van der Waals surface area contributed by atoms with Gasteiger partial charge in [-0.1, -0.05) is 26.0 Å². The highest BCUT2D eigenvalue weighted by Crippen LogP contribution is 2.14. The largest absolute Gasteiger partial charge is 0.354 e. The molecule has 1 amide bonds. The van der Waals surface area contributed by atoms with E-state index in [0.717, 1.165) is 18.7 Å². The molecule has 0 heterocycles. The van der Waals surface area contributed by atoms with Crippen molar-refractivity contribution in [1.82, 2.24) is 15.5 Å². The highest BCUT2D eigenvalue weighted by atomic mass is 19.1. The van der Waals surface area contributed by atoms with E-state index in [1.54, 1.807) is 12.1 Å². The average Bonchev–Trinajstić information content (AvgIpc) is 2.45. The Hall–Kier alpha value is -1.46. The van der Waals surface area contributed by atoms with Crippen LogP contribution in [0.4, 0.5) is 4.39 Å².